The Balaban J connectivity index is 0.000000696. The van der Waals surface area contributed by atoms with E-state index < -0.39 is 17.7 Å². The number of ether oxygens (including phenoxy) is 1. The van der Waals surface area contributed by atoms with E-state index in [2.05, 4.69) is 44.8 Å². The summed E-state index contributed by atoms with van der Waals surface area (Å²) in [5, 5.41) is 3.92. The first-order chi connectivity index (χ1) is 15.6. The molecule has 3 amide bonds. The Morgan fingerprint density at radius 2 is 1.55 bits per heavy atom. The van der Waals surface area contributed by atoms with E-state index in [-0.39, 0.29) is 0 Å². The van der Waals surface area contributed by atoms with Gasteiger partial charge in [-0.25, -0.2) is 10.3 Å². The molecule has 1 aliphatic heterocycles. The first-order valence-corrected chi connectivity index (χ1v) is 10.4. The summed E-state index contributed by atoms with van der Waals surface area (Å²) in [4.78, 5) is 36.5. The van der Waals surface area contributed by atoms with Crippen LogP contribution in [0, 0.1) is 5.41 Å². The van der Waals surface area contributed by atoms with Gasteiger partial charge in [-0.1, -0.05) is 40.3 Å². The lowest BCUT2D eigenvalue weighted by Crippen LogP contribution is -2.29. The third-order valence-corrected chi connectivity index (χ3v) is 3.82. The maximum absolute atomic E-state index is 12.2. The molecule has 0 spiro atoms. The van der Waals surface area contributed by atoms with Gasteiger partial charge in [0.15, 0.2) is 0 Å². The van der Waals surface area contributed by atoms with E-state index in [1.807, 2.05) is 0 Å². The van der Waals surface area contributed by atoms with Gasteiger partial charge < -0.3 is 4.74 Å². The molecule has 33 heavy (non-hydrogen) atoms. The second kappa shape index (κ2) is 11.6. The molecule has 0 atom stereocenters. The maximum atomic E-state index is 12.2. The highest BCUT2D eigenvalue weighted by atomic mass is 16.5. The summed E-state index contributed by atoms with van der Waals surface area (Å²) in [5.41, 5.74) is 4.47. The number of hydrogen-bond acceptors (Lipinski definition) is 5. The molecule has 2 aromatic rings. The van der Waals surface area contributed by atoms with E-state index in [9.17, 15) is 14.4 Å². The number of hydrogen-bond donors (Lipinski definition) is 1. The van der Waals surface area contributed by atoms with E-state index >= 15 is 0 Å². The van der Waals surface area contributed by atoms with Crippen molar-refractivity contribution in [3.63, 3.8) is 0 Å². The summed E-state index contributed by atoms with van der Waals surface area (Å²) in [6.45, 7) is 12.8. The normalized spacial score (nSPS) is 13.0. The van der Waals surface area contributed by atoms with E-state index in [0.717, 1.165) is 10.5 Å². The smallest absolute Gasteiger partial charge is 0.271 e. The molecule has 0 bridgehead atoms. The highest BCUT2D eigenvalue weighted by Crippen LogP contribution is 2.19. The summed E-state index contributed by atoms with van der Waals surface area (Å²) in [5.74, 6) is -0.516. The van der Waals surface area contributed by atoms with Crippen molar-refractivity contribution in [2.45, 2.75) is 27.7 Å². The van der Waals surface area contributed by atoms with Crippen LogP contribution in [-0.4, -0.2) is 30.5 Å². The molecule has 172 valence electrons. The van der Waals surface area contributed by atoms with Gasteiger partial charge in [-0.3, -0.25) is 14.4 Å². The number of carbonyl (C=O) groups is 3. The zero-order chi connectivity index (χ0) is 24.4. The number of imide groups is 1. The van der Waals surface area contributed by atoms with Crippen LogP contribution in [-0.2, 0) is 9.59 Å². The zero-order valence-electron chi connectivity index (χ0n) is 19.4. The van der Waals surface area contributed by atoms with Crippen LogP contribution in [0.15, 0.2) is 78.4 Å². The number of hydrazone groups is 1. The Morgan fingerprint density at radius 1 is 1.00 bits per heavy atom. The summed E-state index contributed by atoms with van der Waals surface area (Å²) < 4.78 is 5.39. The highest BCUT2D eigenvalue weighted by molar-refractivity contribution is 6.28. The molecule has 0 fully saturated rings. The molecule has 0 unspecified atom stereocenters. The third kappa shape index (κ3) is 8.57. The van der Waals surface area contributed by atoms with Gasteiger partial charge in [-0.15, -0.1) is 0 Å². The van der Waals surface area contributed by atoms with Crippen molar-refractivity contribution in [1.29, 1.82) is 0 Å². The van der Waals surface area contributed by atoms with E-state index in [4.69, 9.17) is 4.74 Å². The van der Waals surface area contributed by atoms with Gasteiger partial charge in [0.05, 0.1) is 11.9 Å². The maximum Gasteiger partial charge on any atom is 0.271 e. The van der Waals surface area contributed by atoms with E-state index in [0.29, 0.717) is 29.0 Å². The number of anilines is 1. The molecule has 7 heteroatoms. The molecule has 0 saturated carbocycles. The number of carbonyl (C=O) groups excluding carboxylic acids is 3. The van der Waals surface area contributed by atoms with Crippen molar-refractivity contribution in [2.75, 3.05) is 11.5 Å². The van der Waals surface area contributed by atoms with E-state index in [1.54, 1.807) is 30.3 Å². The Bertz CT molecular complexity index is 1020. The average molecular weight is 448 g/mol. The van der Waals surface area contributed by atoms with Gasteiger partial charge in [0.2, 0.25) is 0 Å². The number of nitrogens with one attached hydrogen (secondary N) is 1. The van der Waals surface area contributed by atoms with Crippen molar-refractivity contribution in [3.8, 4) is 5.75 Å². The highest BCUT2D eigenvalue weighted by Gasteiger charge is 2.25. The molecule has 0 aliphatic carbocycles. The first-order valence-electron chi connectivity index (χ1n) is 10.4. The van der Waals surface area contributed by atoms with Crippen LogP contribution in [0.3, 0.4) is 0 Å². The van der Waals surface area contributed by atoms with Crippen molar-refractivity contribution in [3.05, 3.63) is 84.5 Å². The number of rotatable bonds is 7. The summed E-state index contributed by atoms with van der Waals surface area (Å²) in [6.07, 6.45) is 5.58. The molecular weight excluding hydrogens is 418 g/mol. The van der Waals surface area contributed by atoms with E-state index in [1.165, 1.54) is 42.6 Å². The minimum absolute atomic E-state index is 0.348. The fourth-order valence-electron chi connectivity index (χ4n) is 2.45. The first kappa shape index (κ1) is 25.3. The lowest BCUT2D eigenvalue weighted by atomic mass is 10.0. The lowest BCUT2D eigenvalue weighted by molar-refractivity contribution is -0.119. The Hall–Kier alpha value is -4.00. The predicted octanol–water partition coefficient (Wildman–Crippen LogP) is 4.50. The Labute approximate surface area is 194 Å². The molecule has 3 rings (SSSR count). The van der Waals surface area contributed by atoms with Crippen LogP contribution in [0.4, 0.5) is 5.69 Å². The molecule has 2 aromatic carbocycles. The number of nitrogens with zero attached hydrogens (tertiary/aromatic N) is 2. The quantitative estimate of drug-likeness (QED) is 0.293. The van der Waals surface area contributed by atoms with Crippen molar-refractivity contribution < 1.29 is 19.1 Å². The molecule has 0 aromatic heterocycles. The van der Waals surface area contributed by atoms with Crippen LogP contribution in [0.25, 0.3) is 0 Å². The Kier molecular flexibility index (Phi) is 8.86. The van der Waals surface area contributed by atoms with Crippen LogP contribution in [0.2, 0.25) is 0 Å². The van der Waals surface area contributed by atoms with Crippen LogP contribution in [0.5, 0.6) is 5.75 Å². The second-order valence-corrected chi connectivity index (χ2v) is 8.76. The molecule has 7 nitrogen and oxygen atoms in total. The van der Waals surface area contributed by atoms with Crippen LogP contribution >= 0.6 is 0 Å². The van der Waals surface area contributed by atoms with Gasteiger partial charge in [-0.2, -0.15) is 5.10 Å². The summed E-state index contributed by atoms with van der Waals surface area (Å²) >= 11 is 0. The van der Waals surface area contributed by atoms with Gasteiger partial charge in [0.1, 0.15) is 12.4 Å². The Morgan fingerprint density at radius 3 is 2.06 bits per heavy atom. The standard InChI is InChI=1S/C21H17N3O4.C5H12/c1-2-13-28-18-9-3-15(4-10-18)14-22-23-21(27)16-5-7-17(8-6-16)24-19(25)11-12-20(24)26;1-5(2,3)4/h2-12,14H,1,13H2,(H,23,27);1-4H3/b22-14+;. The third-order valence-electron chi connectivity index (χ3n) is 3.82. The predicted molar refractivity (Wildman–Crippen MR) is 130 cm³/mol. The molecule has 0 radical (unpaired) electrons. The van der Waals surface area contributed by atoms with Gasteiger partial charge in [0.25, 0.3) is 17.7 Å². The number of amides is 3. The topological polar surface area (TPSA) is 88.1 Å². The van der Waals surface area contributed by atoms with Crippen LogP contribution < -0.4 is 15.1 Å². The average Bonchev–Trinajstić information content (AvgIpc) is 3.10. The molecular formula is C26H29N3O4. The zero-order valence-corrected chi connectivity index (χ0v) is 19.4. The van der Waals surface area contributed by atoms with Gasteiger partial charge in [0, 0.05) is 17.7 Å². The monoisotopic (exact) mass is 447 g/mol. The van der Waals surface area contributed by atoms with Crippen LogP contribution in [0.1, 0.15) is 43.6 Å². The van der Waals surface area contributed by atoms with Crippen molar-refractivity contribution in [1.82, 2.24) is 5.43 Å². The minimum Gasteiger partial charge on any atom is -0.490 e. The molecule has 0 saturated heterocycles. The van der Waals surface area contributed by atoms with Crippen molar-refractivity contribution in [2.24, 2.45) is 10.5 Å². The lowest BCUT2D eigenvalue weighted by Gasteiger charge is -2.13. The minimum atomic E-state index is -0.411. The summed E-state index contributed by atoms with van der Waals surface area (Å²) in [7, 11) is 0. The summed E-state index contributed by atoms with van der Waals surface area (Å²) in [6, 6.07) is 13.3. The largest absolute Gasteiger partial charge is 0.490 e. The fraction of sp³-hybridized carbons (Fsp3) is 0.231. The van der Waals surface area contributed by atoms with Gasteiger partial charge in [-0.05, 0) is 59.5 Å². The van der Waals surface area contributed by atoms with Crippen molar-refractivity contribution >= 4 is 29.6 Å². The second-order valence-electron chi connectivity index (χ2n) is 8.76. The molecule has 1 N–H and O–H groups in total. The fourth-order valence-corrected chi connectivity index (χ4v) is 2.45. The molecule has 1 heterocycles. The molecule has 1 aliphatic rings. The number of benzene rings is 2. The van der Waals surface area contributed by atoms with Gasteiger partial charge >= 0.3 is 0 Å². The SMILES string of the molecule is C=CCOc1ccc(/C=N/NC(=O)c2ccc(N3C(=O)C=CC3=O)cc2)cc1.CC(C)(C)C.